The third-order valence-corrected chi connectivity index (χ3v) is 17.7. The number of rotatable bonds is 12. The van der Waals surface area contributed by atoms with Gasteiger partial charge in [-0.1, -0.05) is 62.3 Å². The lowest BCUT2D eigenvalue weighted by Gasteiger charge is -2.61. The SMILES string of the molecule is CCC1(C)CC(OP(OC2CC(C)(CC)N(C)C(C)(CC)C2C)OC2CC(C)(CC)N(C)C(C)(CC)C2C)C(C)C(C)(CC)N1C. The lowest BCUT2D eigenvalue weighted by Crippen LogP contribution is -2.67. The molecule has 3 saturated heterocycles. The first-order chi connectivity index (χ1) is 21.2. The highest BCUT2D eigenvalue weighted by Gasteiger charge is 2.56. The van der Waals surface area contributed by atoms with Crippen molar-refractivity contribution in [1.82, 2.24) is 14.7 Å². The molecule has 3 heterocycles. The van der Waals surface area contributed by atoms with Crippen LogP contribution in [0.4, 0.5) is 0 Å². The Morgan fingerprint density at radius 1 is 0.457 bits per heavy atom. The van der Waals surface area contributed by atoms with E-state index in [-0.39, 0.29) is 51.5 Å². The van der Waals surface area contributed by atoms with Gasteiger partial charge in [-0.25, -0.2) is 0 Å². The smallest absolute Gasteiger partial charge is 0.308 e. The second-order valence-corrected chi connectivity index (χ2v) is 18.6. The summed E-state index contributed by atoms with van der Waals surface area (Å²) in [6.07, 6.45) is 9.75. The lowest BCUT2D eigenvalue weighted by molar-refractivity contribution is -0.146. The molecule has 0 amide bonds. The summed E-state index contributed by atoms with van der Waals surface area (Å²) in [7, 11) is 5.43. The van der Waals surface area contributed by atoms with E-state index >= 15 is 0 Å². The second kappa shape index (κ2) is 14.4. The van der Waals surface area contributed by atoms with Gasteiger partial charge in [0.15, 0.2) is 0 Å². The fourth-order valence-corrected chi connectivity index (χ4v) is 11.4. The number of hydrogen-bond acceptors (Lipinski definition) is 6. The Bertz CT molecular complexity index is 895. The van der Waals surface area contributed by atoms with E-state index in [0.29, 0.717) is 17.8 Å². The minimum atomic E-state index is -1.59. The van der Waals surface area contributed by atoms with Crippen LogP contribution < -0.4 is 0 Å². The summed E-state index contributed by atoms with van der Waals surface area (Å²) in [6.45, 7) is 35.9. The number of likely N-dealkylation sites (tertiary alicyclic amines) is 3. The molecule has 46 heavy (non-hydrogen) atoms. The van der Waals surface area contributed by atoms with Crippen LogP contribution >= 0.6 is 8.60 Å². The average Bonchev–Trinajstić information content (AvgIpc) is 3.05. The molecule has 3 aliphatic rings. The lowest BCUT2D eigenvalue weighted by atomic mass is 9.68. The van der Waals surface area contributed by atoms with E-state index in [0.717, 1.165) is 57.8 Å². The molecule has 0 aliphatic carbocycles. The van der Waals surface area contributed by atoms with E-state index in [2.05, 4.69) is 140 Å². The summed E-state index contributed by atoms with van der Waals surface area (Å²) >= 11 is 0. The highest BCUT2D eigenvalue weighted by atomic mass is 31.2. The predicted octanol–water partition coefficient (Wildman–Crippen LogP) is 10.3. The Labute approximate surface area is 288 Å². The van der Waals surface area contributed by atoms with Crippen molar-refractivity contribution >= 4 is 8.60 Å². The summed E-state index contributed by atoms with van der Waals surface area (Å²) in [5.41, 5.74) is 0.313. The molecule has 0 aromatic rings. The van der Waals surface area contributed by atoms with Crippen LogP contribution in [0.3, 0.4) is 0 Å². The number of nitrogens with zero attached hydrogens (tertiary/aromatic N) is 3. The minimum Gasteiger partial charge on any atom is -0.308 e. The van der Waals surface area contributed by atoms with Gasteiger partial charge in [0, 0.05) is 51.0 Å². The highest BCUT2D eigenvalue weighted by Crippen LogP contribution is 2.58. The Morgan fingerprint density at radius 3 is 0.848 bits per heavy atom. The molecule has 7 heteroatoms. The van der Waals surface area contributed by atoms with Gasteiger partial charge in [0.2, 0.25) is 0 Å². The van der Waals surface area contributed by atoms with E-state index in [1.54, 1.807) is 0 Å². The molecule has 12 atom stereocenters. The molecule has 0 saturated carbocycles. The van der Waals surface area contributed by atoms with Gasteiger partial charge < -0.3 is 13.6 Å². The highest BCUT2D eigenvalue weighted by molar-refractivity contribution is 7.41. The molecule has 3 rings (SSSR count). The molecular formula is C39H78N3O3P. The molecule has 272 valence electrons. The molecule has 3 fully saturated rings. The molecule has 0 radical (unpaired) electrons. The molecule has 0 N–H and O–H groups in total. The van der Waals surface area contributed by atoms with Gasteiger partial charge >= 0.3 is 8.60 Å². The topological polar surface area (TPSA) is 37.4 Å². The van der Waals surface area contributed by atoms with Gasteiger partial charge in [0.1, 0.15) is 0 Å². The summed E-state index contributed by atoms with van der Waals surface area (Å²) in [5, 5.41) is 0. The van der Waals surface area contributed by atoms with Crippen molar-refractivity contribution in [1.29, 1.82) is 0 Å². The van der Waals surface area contributed by atoms with Crippen LogP contribution in [0, 0.1) is 17.8 Å². The summed E-state index contributed by atoms with van der Waals surface area (Å²) in [6, 6.07) is 0. The monoisotopic (exact) mass is 668 g/mol. The Hall–Kier alpha value is 0.190. The summed E-state index contributed by atoms with van der Waals surface area (Å²) in [4.78, 5) is 7.97. The zero-order valence-corrected chi connectivity index (χ0v) is 34.7. The first-order valence-corrected chi connectivity index (χ1v) is 20.3. The predicted molar refractivity (Wildman–Crippen MR) is 198 cm³/mol. The Balaban J connectivity index is 2.07. The van der Waals surface area contributed by atoms with Crippen molar-refractivity contribution in [3.05, 3.63) is 0 Å². The Morgan fingerprint density at radius 2 is 0.674 bits per heavy atom. The molecule has 0 aromatic carbocycles. The number of hydrogen-bond donors (Lipinski definition) is 0. The first kappa shape index (κ1) is 40.6. The molecule has 6 nitrogen and oxygen atoms in total. The molecule has 3 aliphatic heterocycles. The van der Waals surface area contributed by atoms with Gasteiger partial charge in [-0.15, -0.1) is 0 Å². The van der Waals surface area contributed by atoms with Gasteiger partial charge in [-0.05, 0) is 120 Å². The molecule has 0 spiro atoms. The third-order valence-electron chi connectivity index (χ3n) is 16.4. The number of piperidine rings is 3. The first-order valence-electron chi connectivity index (χ1n) is 19.2. The van der Waals surface area contributed by atoms with Crippen molar-refractivity contribution in [2.45, 2.75) is 213 Å². The van der Waals surface area contributed by atoms with Crippen LogP contribution in [0.5, 0.6) is 0 Å². The van der Waals surface area contributed by atoms with Crippen LogP contribution in [-0.2, 0) is 13.6 Å². The van der Waals surface area contributed by atoms with Crippen LogP contribution in [0.25, 0.3) is 0 Å². The standard InChI is InChI=1S/C39H78N3O3P/c1-19-34(10)25-31(28(7)37(13,22-4)40(34)16)43-46(44-32-26-35(11,20-2)41(17)38(14,23-5)29(32)8)45-33-27-36(12,21-3)42(18)39(15,24-6)30(33)9/h28-33H,19-27H2,1-18H3. The van der Waals surface area contributed by atoms with E-state index in [1.807, 2.05) is 0 Å². The second-order valence-electron chi connectivity index (χ2n) is 17.5. The van der Waals surface area contributed by atoms with Gasteiger partial charge in [-0.3, -0.25) is 14.7 Å². The minimum absolute atomic E-state index is 0.0412. The zero-order valence-electron chi connectivity index (χ0n) is 33.8. The fourth-order valence-electron chi connectivity index (χ4n) is 9.82. The van der Waals surface area contributed by atoms with Crippen LogP contribution in [0.15, 0.2) is 0 Å². The van der Waals surface area contributed by atoms with Crippen molar-refractivity contribution in [3.8, 4) is 0 Å². The molecule has 0 aromatic heterocycles. The largest absolute Gasteiger partial charge is 0.333 e. The summed E-state index contributed by atoms with van der Waals surface area (Å²) < 4.78 is 22.1. The molecule has 0 bridgehead atoms. The van der Waals surface area contributed by atoms with E-state index < -0.39 is 8.60 Å². The van der Waals surface area contributed by atoms with Crippen LogP contribution in [0.2, 0.25) is 0 Å². The van der Waals surface area contributed by atoms with Crippen molar-refractivity contribution in [2.24, 2.45) is 17.8 Å². The van der Waals surface area contributed by atoms with Gasteiger partial charge in [0.25, 0.3) is 0 Å². The maximum Gasteiger partial charge on any atom is 0.333 e. The normalized spacial score (nSPS) is 48.9. The maximum absolute atomic E-state index is 7.38. The van der Waals surface area contributed by atoms with Crippen molar-refractivity contribution in [2.75, 3.05) is 21.1 Å². The van der Waals surface area contributed by atoms with Crippen molar-refractivity contribution < 1.29 is 13.6 Å². The average molecular weight is 668 g/mol. The molecular weight excluding hydrogens is 589 g/mol. The zero-order chi connectivity index (χ0) is 35.3. The Kier molecular flexibility index (Phi) is 12.7. The van der Waals surface area contributed by atoms with Gasteiger partial charge in [0.05, 0.1) is 18.3 Å². The van der Waals surface area contributed by atoms with Crippen LogP contribution in [0.1, 0.15) is 162 Å². The van der Waals surface area contributed by atoms with Gasteiger partial charge in [-0.2, -0.15) is 0 Å². The molecule has 12 unspecified atom stereocenters. The van der Waals surface area contributed by atoms with E-state index in [1.165, 1.54) is 0 Å². The quantitative estimate of drug-likeness (QED) is 0.193. The van der Waals surface area contributed by atoms with Crippen LogP contribution in [-0.4, -0.2) is 87.4 Å². The third kappa shape index (κ3) is 6.67. The summed E-state index contributed by atoms with van der Waals surface area (Å²) in [5.74, 6) is 1.06. The maximum atomic E-state index is 7.38. The fraction of sp³-hybridized carbons (Fsp3) is 1.00. The van der Waals surface area contributed by atoms with E-state index in [4.69, 9.17) is 13.6 Å². The van der Waals surface area contributed by atoms with Crippen molar-refractivity contribution in [3.63, 3.8) is 0 Å². The van der Waals surface area contributed by atoms with E-state index in [9.17, 15) is 0 Å².